The van der Waals surface area contributed by atoms with Crippen molar-refractivity contribution in [2.75, 3.05) is 0 Å². The summed E-state index contributed by atoms with van der Waals surface area (Å²) in [7, 11) is -1.92. The van der Waals surface area contributed by atoms with Gasteiger partial charge in [-0.2, -0.15) is 0 Å². The Balaban J connectivity index is 4.23. The summed E-state index contributed by atoms with van der Waals surface area (Å²) in [5.41, 5.74) is 0. The summed E-state index contributed by atoms with van der Waals surface area (Å²) in [6.45, 7) is 14.6. The molecule has 0 spiro atoms. The van der Waals surface area contributed by atoms with Crippen LogP contribution in [0.15, 0.2) is 0 Å². The van der Waals surface area contributed by atoms with Crippen LogP contribution in [0.4, 0.5) is 0 Å². The normalized spacial score (nSPS) is 14.4. The first-order valence-corrected chi connectivity index (χ1v) is 11.8. The Morgan fingerprint density at radius 1 is 0.800 bits per heavy atom. The third kappa shape index (κ3) is 3.54. The van der Waals surface area contributed by atoms with Gasteiger partial charge >= 0.3 is 81.0 Å². The standard InChI is InChI=1S/C6H18NSi2.Sn/c1-8(2,3)7-9(4,5)6;/h1-6H3;/q-1;+1. The maximum absolute atomic E-state index is 2.74. The van der Waals surface area contributed by atoms with Crippen LogP contribution in [0.1, 0.15) is 0 Å². The van der Waals surface area contributed by atoms with E-state index in [1.165, 1.54) is 0 Å². The van der Waals surface area contributed by atoms with Gasteiger partial charge in [0.2, 0.25) is 0 Å². The van der Waals surface area contributed by atoms with Crippen LogP contribution in [0.3, 0.4) is 0 Å². The summed E-state index contributed by atoms with van der Waals surface area (Å²) in [5, 5.41) is 0. The molecule has 1 nitrogen and oxygen atoms in total. The van der Waals surface area contributed by atoms with Crippen LogP contribution < -0.4 is 0 Å². The molecular weight excluding hydrogens is 261 g/mol. The van der Waals surface area contributed by atoms with Gasteiger partial charge in [-0.25, -0.2) is 0 Å². The molecule has 0 N–H and O–H groups in total. The van der Waals surface area contributed by atoms with Crippen molar-refractivity contribution in [3.63, 3.8) is 0 Å². The van der Waals surface area contributed by atoms with Crippen molar-refractivity contribution in [1.82, 2.24) is 2.45 Å². The third-order valence-corrected chi connectivity index (χ3v) is 19.5. The molecule has 0 fully saturated rings. The van der Waals surface area contributed by atoms with Gasteiger partial charge in [-0.15, -0.1) is 0 Å². The van der Waals surface area contributed by atoms with E-state index >= 15 is 0 Å². The molecule has 0 amide bonds. The van der Waals surface area contributed by atoms with Crippen molar-refractivity contribution in [1.29, 1.82) is 0 Å². The van der Waals surface area contributed by atoms with Gasteiger partial charge < -0.3 is 0 Å². The van der Waals surface area contributed by atoms with Gasteiger partial charge in [0.1, 0.15) is 0 Å². The summed E-state index contributed by atoms with van der Waals surface area (Å²) in [4.78, 5) is 0. The molecule has 0 atom stereocenters. The van der Waals surface area contributed by atoms with Gasteiger partial charge in [-0.05, 0) is 0 Å². The first-order chi connectivity index (χ1) is 4.15. The molecular formula is C6H18NSi2Sn. The molecule has 0 aliphatic rings. The molecule has 0 unspecified atom stereocenters. The molecule has 0 saturated carbocycles. The van der Waals surface area contributed by atoms with Crippen LogP contribution >= 0.6 is 0 Å². The van der Waals surface area contributed by atoms with Crippen LogP contribution in [-0.4, -0.2) is 41.7 Å². The summed E-state index contributed by atoms with van der Waals surface area (Å²) in [6, 6.07) is 0. The van der Waals surface area contributed by atoms with E-state index in [2.05, 4.69) is 41.7 Å². The monoisotopic (exact) mass is 280 g/mol. The van der Waals surface area contributed by atoms with E-state index < -0.39 is 16.5 Å². The Labute approximate surface area is 80.8 Å². The second kappa shape index (κ2) is 3.28. The molecule has 3 radical (unpaired) electrons. The molecule has 59 valence electrons. The van der Waals surface area contributed by atoms with E-state index in [0.29, 0.717) is 0 Å². The van der Waals surface area contributed by atoms with E-state index in [-0.39, 0.29) is 0 Å². The number of hydrogen-bond donors (Lipinski definition) is 0. The molecule has 0 aliphatic carbocycles. The molecule has 4 heteroatoms. The van der Waals surface area contributed by atoms with Crippen LogP contribution in [-0.2, 0) is 0 Å². The zero-order chi connectivity index (χ0) is 8.58. The fraction of sp³-hybridized carbons (Fsp3) is 1.00. The molecule has 0 rings (SSSR count). The molecule has 10 heavy (non-hydrogen) atoms. The Morgan fingerprint density at radius 3 is 1.00 bits per heavy atom. The van der Waals surface area contributed by atoms with E-state index in [9.17, 15) is 0 Å². The van der Waals surface area contributed by atoms with E-state index in [1.807, 2.05) is 0 Å². The summed E-state index contributed by atoms with van der Waals surface area (Å²) < 4.78 is 2.74. The number of hydrogen-bond acceptors (Lipinski definition) is 1. The topological polar surface area (TPSA) is 3.24 Å². The first kappa shape index (κ1) is 11.2. The predicted octanol–water partition coefficient (Wildman–Crippen LogP) is 2.04. The van der Waals surface area contributed by atoms with Crippen LogP contribution in [0.25, 0.3) is 0 Å². The maximum atomic E-state index is 2.74. The SMILES string of the molecule is C[Si](C)(C)[N]([Sn])[Si](C)(C)C. The van der Waals surface area contributed by atoms with Gasteiger partial charge in [0.15, 0.2) is 0 Å². The second-order valence-corrected chi connectivity index (χ2v) is 18.5. The van der Waals surface area contributed by atoms with Crippen LogP contribution in [0.2, 0.25) is 39.3 Å². The van der Waals surface area contributed by atoms with Gasteiger partial charge in [0.05, 0.1) is 0 Å². The second-order valence-electron chi connectivity index (χ2n) is 4.68. The minimum absolute atomic E-state index is 0.961. The third-order valence-electron chi connectivity index (χ3n) is 1.34. The summed E-state index contributed by atoms with van der Waals surface area (Å²) in [5.74, 6) is 0. The Morgan fingerprint density at radius 2 is 1.00 bits per heavy atom. The van der Waals surface area contributed by atoms with Gasteiger partial charge in [0, 0.05) is 0 Å². The number of rotatable bonds is 2. The van der Waals surface area contributed by atoms with E-state index in [1.54, 1.807) is 22.8 Å². The fourth-order valence-electron chi connectivity index (χ4n) is 1.01. The Bertz CT molecular complexity index is 99.9. The molecule has 0 heterocycles. The van der Waals surface area contributed by atoms with Crippen molar-refractivity contribution in [3.8, 4) is 0 Å². The van der Waals surface area contributed by atoms with Crippen molar-refractivity contribution < 1.29 is 0 Å². The van der Waals surface area contributed by atoms with Crippen LogP contribution in [0.5, 0.6) is 0 Å². The number of nitrogens with zero attached hydrogens (tertiary/aromatic N) is 1. The van der Waals surface area contributed by atoms with Crippen molar-refractivity contribution in [2.24, 2.45) is 0 Å². The molecule has 0 aliphatic heterocycles. The average molecular weight is 279 g/mol. The summed E-state index contributed by atoms with van der Waals surface area (Å²) in [6.07, 6.45) is 0. The van der Waals surface area contributed by atoms with Gasteiger partial charge in [0.25, 0.3) is 0 Å². The zero-order valence-corrected chi connectivity index (χ0v) is 12.8. The Hall–Kier alpha value is 1.19. The van der Waals surface area contributed by atoms with Crippen molar-refractivity contribution >= 4 is 39.3 Å². The molecule has 0 bridgehead atoms. The summed E-state index contributed by atoms with van der Waals surface area (Å²) >= 11 is 1.63. The van der Waals surface area contributed by atoms with Crippen molar-refractivity contribution in [2.45, 2.75) is 39.3 Å². The zero-order valence-electron chi connectivity index (χ0n) is 7.95. The minimum atomic E-state index is -0.961. The molecule has 0 aromatic carbocycles. The van der Waals surface area contributed by atoms with E-state index in [4.69, 9.17) is 0 Å². The quantitative estimate of drug-likeness (QED) is 0.699. The van der Waals surface area contributed by atoms with Gasteiger partial charge in [-0.1, -0.05) is 0 Å². The first-order valence-electron chi connectivity index (χ1n) is 3.67. The molecule has 0 aromatic heterocycles. The van der Waals surface area contributed by atoms with Crippen LogP contribution in [0, 0.1) is 0 Å². The average Bonchev–Trinajstić information content (AvgIpc) is 1.59. The molecule has 0 saturated heterocycles. The fourth-order valence-corrected chi connectivity index (χ4v) is 9.06. The molecule has 0 aromatic rings. The van der Waals surface area contributed by atoms with Crippen molar-refractivity contribution in [3.05, 3.63) is 0 Å². The Kier molecular flexibility index (Phi) is 3.68. The van der Waals surface area contributed by atoms with Gasteiger partial charge in [-0.3, -0.25) is 0 Å². The van der Waals surface area contributed by atoms with E-state index in [0.717, 1.165) is 0 Å². The predicted molar refractivity (Wildman–Crippen MR) is 54.3 cm³/mol.